The van der Waals surface area contributed by atoms with Crippen molar-refractivity contribution in [3.8, 4) is 21.7 Å². The zero-order chi connectivity index (χ0) is 23.3. The molecular formula is C18H17F3N9OS+. The van der Waals surface area contributed by atoms with E-state index >= 15 is 0 Å². The molecule has 0 unspecified atom stereocenters. The highest BCUT2D eigenvalue weighted by Crippen LogP contribution is 2.38. The van der Waals surface area contributed by atoms with Crippen molar-refractivity contribution in [3.63, 3.8) is 0 Å². The smallest absolute Gasteiger partial charge is 0.338 e. The lowest BCUT2D eigenvalue weighted by atomic mass is 10.0. The number of nitrogens with zero attached hydrogens (tertiary/aromatic N) is 5. The number of hydrogen-bond acceptors (Lipinski definition) is 6. The quantitative estimate of drug-likeness (QED) is 0.150. The predicted molar refractivity (Wildman–Crippen MR) is 111 cm³/mol. The minimum atomic E-state index is -4.60. The summed E-state index contributed by atoms with van der Waals surface area (Å²) in [6.07, 6.45) is -0.294. The lowest BCUT2D eigenvalue weighted by Crippen LogP contribution is -2.39. The maximum absolute atomic E-state index is 13.1. The van der Waals surface area contributed by atoms with Gasteiger partial charge in [0.15, 0.2) is 5.69 Å². The van der Waals surface area contributed by atoms with Crippen molar-refractivity contribution in [1.29, 1.82) is 0 Å². The third kappa shape index (κ3) is 5.21. The van der Waals surface area contributed by atoms with E-state index in [1.807, 2.05) is 0 Å². The fraction of sp³-hybridized carbons (Fsp3) is 0.167. The Balaban J connectivity index is 2.11. The molecule has 0 atom stereocenters. The average molecular weight is 464 g/mol. The van der Waals surface area contributed by atoms with Crippen LogP contribution in [0.1, 0.15) is 18.2 Å². The number of amidine groups is 1. The van der Waals surface area contributed by atoms with Gasteiger partial charge in [0.05, 0.1) is 10.7 Å². The Morgan fingerprint density at radius 2 is 2.03 bits per heavy atom. The number of alkyl halides is 3. The van der Waals surface area contributed by atoms with Gasteiger partial charge in [-0.15, -0.1) is 11.3 Å². The number of rotatable bonds is 5. The molecule has 166 valence electrons. The highest BCUT2D eigenvalue weighted by Gasteiger charge is 2.34. The molecule has 3 aromatic heterocycles. The number of amides is 2. The van der Waals surface area contributed by atoms with Gasteiger partial charge in [-0.1, -0.05) is 0 Å². The molecule has 0 aliphatic rings. The summed E-state index contributed by atoms with van der Waals surface area (Å²) in [7, 11) is 0. The Labute approximate surface area is 183 Å². The summed E-state index contributed by atoms with van der Waals surface area (Å²) in [4.78, 5) is 23.8. The first kappa shape index (κ1) is 22.7. The van der Waals surface area contributed by atoms with Crippen LogP contribution in [-0.4, -0.2) is 33.4 Å². The van der Waals surface area contributed by atoms with E-state index in [0.717, 1.165) is 16.7 Å². The Hall–Kier alpha value is -3.94. The normalized spacial score (nSPS) is 11.5. The molecule has 0 bridgehead atoms. The van der Waals surface area contributed by atoms with Gasteiger partial charge in [-0.3, -0.25) is 21.6 Å². The first-order valence-electron chi connectivity index (χ1n) is 9.00. The summed E-state index contributed by atoms with van der Waals surface area (Å²) < 4.78 is 39.3. The third-order valence-corrected chi connectivity index (χ3v) is 4.89. The minimum Gasteiger partial charge on any atom is -0.338 e. The number of hydrogen-bond donors (Lipinski definition) is 4. The SMILES string of the molecule is CCNC(=O)Nc1cc(-c2nc(C(F)(F)F)cs2)c(-c2cncc(C(=[NH2+])N=NN)c2)cn1. The molecule has 3 heterocycles. The number of nitrogens with one attached hydrogen (secondary N) is 2. The molecule has 0 saturated heterocycles. The lowest BCUT2D eigenvalue weighted by Gasteiger charge is -2.11. The van der Waals surface area contributed by atoms with Crippen molar-refractivity contribution < 1.29 is 23.4 Å². The van der Waals surface area contributed by atoms with Gasteiger partial charge in [0.25, 0.3) is 0 Å². The molecule has 0 spiro atoms. The molecule has 0 radical (unpaired) electrons. The molecule has 2 amide bonds. The van der Waals surface area contributed by atoms with Crippen LogP contribution in [0.4, 0.5) is 23.8 Å². The highest BCUT2D eigenvalue weighted by molar-refractivity contribution is 7.13. The fourth-order valence-corrected chi connectivity index (χ4v) is 3.48. The molecule has 0 saturated carbocycles. The summed E-state index contributed by atoms with van der Waals surface area (Å²) in [5.41, 5.74) is 0.578. The van der Waals surface area contributed by atoms with Crippen molar-refractivity contribution in [2.75, 3.05) is 11.9 Å². The van der Waals surface area contributed by atoms with E-state index in [4.69, 9.17) is 11.3 Å². The lowest BCUT2D eigenvalue weighted by molar-refractivity contribution is -0.140. The van der Waals surface area contributed by atoms with Gasteiger partial charge >= 0.3 is 18.0 Å². The second kappa shape index (κ2) is 9.47. The second-order valence-corrected chi connectivity index (χ2v) is 7.06. The molecule has 3 rings (SSSR count). The maximum Gasteiger partial charge on any atom is 0.434 e. The van der Waals surface area contributed by atoms with Gasteiger partial charge in [-0.2, -0.15) is 13.2 Å². The van der Waals surface area contributed by atoms with Crippen molar-refractivity contribution in [1.82, 2.24) is 20.3 Å². The number of nitrogens with two attached hydrogens (primary N) is 2. The van der Waals surface area contributed by atoms with Crippen LogP contribution in [0, 0.1) is 0 Å². The number of thiazole rings is 1. The van der Waals surface area contributed by atoms with Crippen molar-refractivity contribution in [2.24, 2.45) is 16.2 Å². The number of carbonyl (C=O) groups is 1. The Morgan fingerprint density at radius 3 is 2.69 bits per heavy atom. The average Bonchev–Trinajstić information content (AvgIpc) is 3.25. The van der Waals surface area contributed by atoms with E-state index in [1.54, 1.807) is 13.0 Å². The molecule has 6 N–H and O–H groups in total. The molecule has 3 aromatic rings. The van der Waals surface area contributed by atoms with Gasteiger partial charge in [-0.05, 0) is 19.1 Å². The number of carbonyl (C=O) groups excluding carboxylic acids is 1. The van der Waals surface area contributed by atoms with Gasteiger partial charge in [0, 0.05) is 52.4 Å². The summed E-state index contributed by atoms with van der Waals surface area (Å²) >= 11 is 0.807. The summed E-state index contributed by atoms with van der Waals surface area (Å²) in [5, 5.41) is 18.5. The van der Waals surface area contributed by atoms with Crippen LogP contribution in [0.3, 0.4) is 0 Å². The predicted octanol–water partition coefficient (Wildman–Crippen LogP) is 2.26. The largest absolute Gasteiger partial charge is 0.434 e. The van der Waals surface area contributed by atoms with E-state index < -0.39 is 17.9 Å². The number of anilines is 1. The van der Waals surface area contributed by atoms with E-state index in [1.165, 1.54) is 24.7 Å². The molecular weight excluding hydrogens is 447 g/mol. The van der Waals surface area contributed by atoms with Crippen LogP contribution in [0.15, 0.2) is 46.4 Å². The highest BCUT2D eigenvalue weighted by atomic mass is 32.1. The van der Waals surface area contributed by atoms with Crippen LogP contribution < -0.4 is 21.9 Å². The van der Waals surface area contributed by atoms with Crippen LogP contribution in [-0.2, 0) is 6.18 Å². The molecule has 10 nitrogen and oxygen atoms in total. The molecule has 14 heteroatoms. The van der Waals surface area contributed by atoms with E-state index in [-0.39, 0.29) is 16.7 Å². The molecule has 0 fully saturated rings. The molecule has 0 aliphatic heterocycles. The van der Waals surface area contributed by atoms with Crippen LogP contribution in [0.5, 0.6) is 0 Å². The monoisotopic (exact) mass is 464 g/mol. The topological polar surface area (TPSA) is 156 Å². The number of aromatic nitrogens is 3. The van der Waals surface area contributed by atoms with Crippen molar-refractivity contribution in [3.05, 3.63) is 47.4 Å². The molecule has 32 heavy (non-hydrogen) atoms. The standard InChI is InChI=1S/C18H16F3N9OS/c1-2-25-17(31)28-14-4-11(16-27-13(8-32-16)18(19,20)21)12(7-26-14)9-3-10(6-24-5-9)15(22)29-30-23/h3-8H,2H2,1H3,(H3,22,23,29)(H2,25,26,28,31)/p+1. The number of urea groups is 1. The summed E-state index contributed by atoms with van der Waals surface area (Å²) in [5.74, 6) is 5.15. The van der Waals surface area contributed by atoms with Crippen molar-refractivity contribution >= 4 is 29.0 Å². The third-order valence-electron chi connectivity index (χ3n) is 4.02. The van der Waals surface area contributed by atoms with Crippen LogP contribution in [0.2, 0.25) is 0 Å². The Kier molecular flexibility index (Phi) is 6.73. The minimum absolute atomic E-state index is 0.000473. The first-order valence-corrected chi connectivity index (χ1v) is 9.88. The molecule has 0 aliphatic carbocycles. The molecule has 0 aromatic carbocycles. The Morgan fingerprint density at radius 1 is 1.25 bits per heavy atom. The number of halogens is 3. The maximum atomic E-state index is 13.1. The van der Waals surface area contributed by atoms with Gasteiger partial charge in [0.2, 0.25) is 0 Å². The summed E-state index contributed by atoms with van der Waals surface area (Å²) in [6, 6.07) is 2.53. The van der Waals surface area contributed by atoms with E-state index in [0.29, 0.717) is 28.8 Å². The Bertz CT molecular complexity index is 1180. The van der Waals surface area contributed by atoms with Gasteiger partial charge in [0.1, 0.15) is 10.8 Å². The first-order chi connectivity index (χ1) is 15.2. The van der Waals surface area contributed by atoms with Crippen LogP contribution in [0.25, 0.3) is 21.7 Å². The zero-order valence-electron chi connectivity index (χ0n) is 16.5. The summed E-state index contributed by atoms with van der Waals surface area (Å²) in [6.45, 7) is 2.12. The van der Waals surface area contributed by atoms with Gasteiger partial charge in [-0.25, -0.2) is 14.8 Å². The fourth-order valence-electron chi connectivity index (χ4n) is 2.63. The second-order valence-electron chi connectivity index (χ2n) is 6.20. The number of pyridine rings is 2. The van der Waals surface area contributed by atoms with E-state index in [9.17, 15) is 18.0 Å². The zero-order valence-corrected chi connectivity index (χ0v) is 17.3. The van der Waals surface area contributed by atoms with Crippen LogP contribution >= 0.6 is 11.3 Å². The van der Waals surface area contributed by atoms with E-state index in [2.05, 4.69) is 35.9 Å². The van der Waals surface area contributed by atoms with Crippen molar-refractivity contribution in [2.45, 2.75) is 13.1 Å². The van der Waals surface area contributed by atoms with Gasteiger partial charge < -0.3 is 5.32 Å².